The molecule has 0 heterocycles. The Morgan fingerprint density at radius 3 is 2.78 bits per heavy atom. The molecule has 0 aromatic heterocycles. The number of hydrogen-bond donors (Lipinski definition) is 0. The molecule has 0 fully saturated rings. The molecule has 9 heavy (non-hydrogen) atoms. The van der Waals surface area contributed by atoms with Crippen molar-refractivity contribution >= 4 is 15.9 Å². The summed E-state index contributed by atoms with van der Waals surface area (Å²) in [6.07, 6.45) is 3.43. The Morgan fingerprint density at radius 1 is 1.67 bits per heavy atom. The summed E-state index contributed by atoms with van der Waals surface area (Å²) in [4.78, 5) is 0. The van der Waals surface area contributed by atoms with E-state index >= 15 is 0 Å². The summed E-state index contributed by atoms with van der Waals surface area (Å²) in [5.41, 5.74) is 1.01. The quantitative estimate of drug-likeness (QED) is 0.551. The first kappa shape index (κ1) is 7.00. The van der Waals surface area contributed by atoms with Crippen molar-refractivity contribution in [2.45, 2.75) is 19.8 Å². The Bertz CT molecular complexity index is 179. The van der Waals surface area contributed by atoms with E-state index in [1.165, 1.54) is 0 Å². The van der Waals surface area contributed by atoms with Crippen LogP contribution in [0.3, 0.4) is 0 Å². The Balaban J connectivity index is 2.88. The van der Waals surface area contributed by atoms with E-state index in [1.807, 2.05) is 13.0 Å². The second-order valence-electron chi connectivity index (χ2n) is 2.14. The van der Waals surface area contributed by atoms with Gasteiger partial charge in [-0.2, -0.15) is 0 Å². The van der Waals surface area contributed by atoms with Crippen molar-refractivity contribution in [3.8, 4) is 0 Å². The largest absolute Gasteiger partial charge is 0.211 e. The molecule has 0 amide bonds. The van der Waals surface area contributed by atoms with Gasteiger partial charge in [0.2, 0.25) is 0 Å². The highest BCUT2D eigenvalue weighted by Gasteiger charge is 2.08. The van der Waals surface area contributed by atoms with E-state index in [1.54, 1.807) is 0 Å². The molecule has 0 atom stereocenters. The molecule has 0 aliphatic heterocycles. The molecule has 0 bridgehead atoms. The maximum Gasteiger partial charge on any atom is 0.115 e. The minimum Gasteiger partial charge on any atom is -0.211 e. The molecular weight excluding hydrogens is 183 g/mol. The van der Waals surface area contributed by atoms with Gasteiger partial charge in [-0.05, 0) is 34.8 Å². The number of halogens is 2. The first-order chi connectivity index (χ1) is 4.22. The third-order valence-corrected chi connectivity index (χ3v) is 2.45. The second-order valence-corrected chi connectivity index (χ2v) is 2.94. The van der Waals surface area contributed by atoms with Crippen LogP contribution in [-0.4, -0.2) is 0 Å². The Kier molecular flexibility index (Phi) is 2.06. The lowest BCUT2D eigenvalue weighted by Crippen LogP contribution is -1.88. The molecule has 0 aromatic carbocycles. The zero-order valence-corrected chi connectivity index (χ0v) is 6.83. The van der Waals surface area contributed by atoms with E-state index in [-0.39, 0.29) is 5.83 Å². The molecule has 0 radical (unpaired) electrons. The maximum atomic E-state index is 12.6. The van der Waals surface area contributed by atoms with Gasteiger partial charge >= 0.3 is 0 Å². The van der Waals surface area contributed by atoms with Crippen molar-refractivity contribution in [1.29, 1.82) is 0 Å². The topological polar surface area (TPSA) is 0 Å². The van der Waals surface area contributed by atoms with Gasteiger partial charge in [-0.3, -0.25) is 0 Å². The van der Waals surface area contributed by atoms with Crippen LogP contribution in [0.1, 0.15) is 19.8 Å². The molecule has 0 aromatic rings. The van der Waals surface area contributed by atoms with E-state index in [0.717, 1.165) is 12.0 Å². The first-order valence-electron chi connectivity index (χ1n) is 2.93. The Hall–Kier alpha value is -0.110. The molecular formula is C7H8BrF. The monoisotopic (exact) mass is 190 g/mol. The van der Waals surface area contributed by atoms with E-state index in [0.29, 0.717) is 10.9 Å². The summed E-state index contributed by atoms with van der Waals surface area (Å²) in [5.74, 6) is -0.0185. The van der Waals surface area contributed by atoms with Crippen LogP contribution in [0.25, 0.3) is 0 Å². The van der Waals surface area contributed by atoms with E-state index in [4.69, 9.17) is 0 Å². The number of allylic oxidation sites excluding steroid dienone is 4. The SMILES string of the molecule is CC1=CCCC(F)=C1Br. The molecule has 0 saturated carbocycles. The molecule has 1 aliphatic carbocycles. The average Bonchev–Trinajstić information content (AvgIpc) is 1.83. The summed E-state index contributed by atoms with van der Waals surface area (Å²) < 4.78 is 13.3. The lowest BCUT2D eigenvalue weighted by Gasteiger charge is -2.07. The number of rotatable bonds is 0. The van der Waals surface area contributed by atoms with Crippen LogP contribution in [-0.2, 0) is 0 Å². The predicted molar refractivity (Wildman–Crippen MR) is 40.1 cm³/mol. The van der Waals surface area contributed by atoms with E-state index in [9.17, 15) is 4.39 Å². The molecule has 2 heteroatoms. The molecule has 0 saturated heterocycles. The molecule has 0 unspecified atom stereocenters. The molecule has 0 N–H and O–H groups in total. The van der Waals surface area contributed by atoms with Crippen LogP contribution in [0.2, 0.25) is 0 Å². The van der Waals surface area contributed by atoms with Crippen molar-refractivity contribution in [2.75, 3.05) is 0 Å². The van der Waals surface area contributed by atoms with Crippen molar-refractivity contribution in [3.05, 3.63) is 22.0 Å². The summed E-state index contributed by atoms with van der Waals surface area (Å²) in [7, 11) is 0. The smallest absolute Gasteiger partial charge is 0.115 e. The number of hydrogen-bond acceptors (Lipinski definition) is 0. The summed E-state index contributed by atoms with van der Waals surface area (Å²) in [5, 5.41) is 0. The van der Waals surface area contributed by atoms with Crippen LogP contribution in [0, 0.1) is 0 Å². The molecule has 1 aliphatic rings. The van der Waals surface area contributed by atoms with Crippen LogP contribution in [0.4, 0.5) is 4.39 Å². The zero-order valence-electron chi connectivity index (χ0n) is 5.25. The minimum absolute atomic E-state index is 0.0185. The van der Waals surface area contributed by atoms with Crippen molar-refractivity contribution < 1.29 is 4.39 Å². The first-order valence-corrected chi connectivity index (χ1v) is 3.72. The molecule has 0 spiro atoms. The fraction of sp³-hybridized carbons (Fsp3) is 0.429. The highest BCUT2D eigenvalue weighted by molar-refractivity contribution is 9.12. The highest BCUT2D eigenvalue weighted by Crippen LogP contribution is 2.29. The molecule has 50 valence electrons. The predicted octanol–water partition coefficient (Wildman–Crippen LogP) is 3.30. The van der Waals surface area contributed by atoms with Crippen molar-refractivity contribution in [3.63, 3.8) is 0 Å². The van der Waals surface area contributed by atoms with Crippen molar-refractivity contribution in [1.82, 2.24) is 0 Å². The summed E-state index contributed by atoms with van der Waals surface area (Å²) in [6, 6.07) is 0. The standard InChI is InChI=1S/C7H8BrF/c1-5-3-2-4-6(9)7(5)8/h3H,2,4H2,1H3. The van der Waals surface area contributed by atoms with Gasteiger partial charge in [0, 0.05) is 6.42 Å². The van der Waals surface area contributed by atoms with Gasteiger partial charge in [0.25, 0.3) is 0 Å². The third-order valence-electron chi connectivity index (χ3n) is 1.40. The van der Waals surface area contributed by atoms with Gasteiger partial charge in [0.05, 0.1) is 4.48 Å². The normalized spacial score (nSPS) is 20.1. The molecule has 1 rings (SSSR count). The van der Waals surface area contributed by atoms with Crippen LogP contribution in [0.5, 0.6) is 0 Å². The van der Waals surface area contributed by atoms with E-state index < -0.39 is 0 Å². The lowest BCUT2D eigenvalue weighted by molar-refractivity contribution is 0.583. The summed E-state index contributed by atoms with van der Waals surface area (Å²) >= 11 is 3.16. The third kappa shape index (κ3) is 1.42. The second kappa shape index (κ2) is 2.65. The van der Waals surface area contributed by atoms with Gasteiger partial charge < -0.3 is 0 Å². The minimum atomic E-state index is -0.0185. The fourth-order valence-corrected chi connectivity index (χ4v) is 1.19. The molecule has 0 nitrogen and oxygen atoms in total. The summed E-state index contributed by atoms with van der Waals surface area (Å²) in [6.45, 7) is 1.91. The lowest BCUT2D eigenvalue weighted by atomic mass is 10.1. The van der Waals surface area contributed by atoms with Crippen LogP contribution < -0.4 is 0 Å². The van der Waals surface area contributed by atoms with Gasteiger partial charge in [0.15, 0.2) is 0 Å². The van der Waals surface area contributed by atoms with Gasteiger partial charge in [-0.15, -0.1) is 0 Å². The van der Waals surface area contributed by atoms with Gasteiger partial charge in [-0.25, -0.2) is 4.39 Å². The zero-order chi connectivity index (χ0) is 6.85. The average molecular weight is 191 g/mol. The van der Waals surface area contributed by atoms with Crippen LogP contribution in [0.15, 0.2) is 22.0 Å². The fourth-order valence-electron chi connectivity index (χ4n) is 0.829. The van der Waals surface area contributed by atoms with Gasteiger partial charge in [0.1, 0.15) is 5.83 Å². The Morgan fingerprint density at radius 2 is 2.33 bits per heavy atom. The van der Waals surface area contributed by atoms with E-state index in [2.05, 4.69) is 15.9 Å². The van der Waals surface area contributed by atoms with Crippen molar-refractivity contribution in [2.24, 2.45) is 0 Å². The maximum absolute atomic E-state index is 12.6. The highest BCUT2D eigenvalue weighted by atomic mass is 79.9. The van der Waals surface area contributed by atoms with Crippen LogP contribution >= 0.6 is 15.9 Å². The van der Waals surface area contributed by atoms with Gasteiger partial charge in [-0.1, -0.05) is 6.08 Å². The Labute approximate surface area is 62.6 Å².